The normalized spacial score (nSPS) is 10.2. The Labute approximate surface area is 125 Å². The van der Waals surface area contributed by atoms with Crippen molar-refractivity contribution in [3.8, 4) is 5.75 Å². The van der Waals surface area contributed by atoms with Gasteiger partial charge in [-0.15, -0.1) is 0 Å². The van der Waals surface area contributed by atoms with Gasteiger partial charge in [-0.3, -0.25) is 0 Å². The number of halogens is 1. The molecule has 0 fully saturated rings. The number of ether oxygens (including phenoxy) is 1. The second-order valence-corrected chi connectivity index (χ2v) is 5.05. The number of nitrogens with zero attached hydrogens (tertiary/aromatic N) is 1. The molecule has 0 aliphatic rings. The monoisotopic (exact) mass is 335 g/mol. The highest BCUT2D eigenvalue weighted by molar-refractivity contribution is 9.10. The van der Waals surface area contributed by atoms with E-state index in [1.54, 1.807) is 19.2 Å². The molecular weight excluding hydrogens is 322 g/mol. The topological polar surface area (TPSA) is 49.8 Å². The summed E-state index contributed by atoms with van der Waals surface area (Å²) in [6.45, 7) is 0. The Bertz CT molecular complexity index is 626. The number of carboxylic acid groups (broad SMARTS) is 1. The van der Waals surface area contributed by atoms with E-state index in [9.17, 15) is 9.90 Å². The van der Waals surface area contributed by atoms with Crippen molar-refractivity contribution in [2.24, 2.45) is 0 Å². The van der Waals surface area contributed by atoms with Crippen molar-refractivity contribution in [1.29, 1.82) is 0 Å². The highest BCUT2D eigenvalue weighted by Crippen LogP contribution is 2.32. The van der Waals surface area contributed by atoms with Crippen LogP contribution in [0.15, 0.2) is 46.9 Å². The van der Waals surface area contributed by atoms with E-state index in [4.69, 9.17) is 4.74 Å². The van der Waals surface area contributed by atoms with E-state index in [0.717, 1.165) is 11.4 Å². The largest absolute Gasteiger partial charge is 0.497 e. The van der Waals surface area contributed by atoms with Crippen LogP contribution in [0, 0.1) is 0 Å². The van der Waals surface area contributed by atoms with Crippen molar-refractivity contribution >= 4 is 33.3 Å². The van der Waals surface area contributed by atoms with Gasteiger partial charge in [0.15, 0.2) is 0 Å². The van der Waals surface area contributed by atoms with Crippen LogP contribution in [0.5, 0.6) is 5.75 Å². The Kier molecular flexibility index (Phi) is 4.29. The smallest absolute Gasteiger partial charge is 0.338 e. The molecule has 2 aromatic carbocycles. The summed E-state index contributed by atoms with van der Waals surface area (Å²) in [5.74, 6) is -0.206. The molecule has 2 aromatic rings. The van der Waals surface area contributed by atoms with Crippen LogP contribution in [-0.4, -0.2) is 25.2 Å². The number of methoxy groups -OCH3 is 1. The fourth-order valence-corrected chi connectivity index (χ4v) is 2.47. The Hall–Kier alpha value is -2.01. The second kappa shape index (κ2) is 5.96. The van der Waals surface area contributed by atoms with Crippen LogP contribution >= 0.6 is 15.9 Å². The van der Waals surface area contributed by atoms with Crippen LogP contribution in [0.4, 0.5) is 11.4 Å². The molecule has 0 amide bonds. The molecular formula is C15H14BrNO3. The minimum Gasteiger partial charge on any atom is -0.497 e. The molecule has 0 unspecified atom stereocenters. The van der Waals surface area contributed by atoms with Gasteiger partial charge < -0.3 is 14.7 Å². The number of hydrogen-bond donors (Lipinski definition) is 1. The molecule has 0 saturated carbocycles. The predicted molar refractivity (Wildman–Crippen MR) is 82.2 cm³/mol. The van der Waals surface area contributed by atoms with Gasteiger partial charge >= 0.3 is 5.97 Å². The molecule has 20 heavy (non-hydrogen) atoms. The summed E-state index contributed by atoms with van der Waals surface area (Å²) in [4.78, 5) is 13.2. The molecule has 4 nitrogen and oxygen atoms in total. The zero-order chi connectivity index (χ0) is 14.7. The standard InChI is InChI=1S/C15H14BrNO3/c1-17(10-6-8-11(20-2)9-7-10)13-5-3-4-12(16)14(13)15(18)19/h3-9H,1-2H3,(H,18,19). The van der Waals surface area contributed by atoms with Crippen molar-refractivity contribution in [3.63, 3.8) is 0 Å². The molecule has 104 valence electrons. The van der Waals surface area contributed by atoms with Crippen LogP contribution in [0.3, 0.4) is 0 Å². The molecule has 0 radical (unpaired) electrons. The Morgan fingerprint density at radius 2 is 1.85 bits per heavy atom. The fraction of sp³-hybridized carbons (Fsp3) is 0.133. The van der Waals surface area contributed by atoms with E-state index < -0.39 is 5.97 Å². The van der Waals surface area contributed by atoms with Gasteiger partial charge in [0.2, 0.25) is 0 Å². The SMILES string of the molecule is COc1ccc(N(C)c2cccc(Br)c2C(=O)O)cc1. The average molecular weight is 336 g/mol. The molecule has 0 spiro atoms. The summed E-state index contributed by atoms with van der Waals surface area (Å²) in [5, 5.41) is 9.35. The second-order valence-electron chi connectivity index (χ2n) is 4.20. The van der Waals surface area contributed by atoms with E-state index in [1.165, 1.54) is 0 Å². The summed E-state index contributed by atoms with van der Waals surface area (Å²) in [7, 11) is 3.44. The van der Waals surface area contributed by atoms with Gasteiger partial charge in [0, 0.05) is 17.2 Å². The van der Waals surface area contributed by atoms with Crippen molar-refractivity contribution < 1.29 is 14.6 Å². The summed E-state index contributed by atoms with van der Waals surface area (Å²) in [6, 6.07) is 12.7. The molecule has 1 N–H and O–H groups in total. The lowest BCUT2D eigenvalue weighted by atomic mass is 10.1. The highest BCUT2D eigenvalue weighted by atomic mass is 79.9. The lowest BCUT2D eigenvalue weighted by Gasteiger charge is -2.22. The van der Waals surface area contributed by atoms with Crippen molar-refractivity contribution in [2.75, 3.05) is 19.1 Å². The van der Waals surface area contributed by atoms with Crippen LogP contribution in [0.1, 0.15) is 10.4 Å². The third kappa shape index (κ3) is 2.77. The number of hydrogen-bond acceptors (Lipinski definition) is 3. The summed E-state index contributed by atoms with van der Waals surface area (Å²) in [6.07, 6.45) is 0. The van der Waals surface area contributed by atoms with Gasteiger partial charge in [-0.25, -0.2) is 4.79 Å². The molecule has 2 rings (SSSR count). The summed E-state index contributed by atoms with van der Waals surface area (Å²) >= 11 is 3.28. The number of benzene rings is 2. The molecule has 0 aliphatic carbocycles. The summed E-state index contributed by atoms with van der Waals surface area (Å²) in [5.41, 5.74) is 1.74. The average Bonchev–Trinajstić information content (AvgIpc) is 2.46. The van der Waals surface area contributed by atoms with E-state index in [0.29, 0.717) is 10.2 Å². The first-order valence-corrected chi connectivity index (χ1v) is 6.73. The van der Waals surface area contributed by atoms with Crippen molar-refractivity contribution in [1.82, 2.24) is 0 Å². The minimum atomic E-state index is -0.965. The number of anilines is 2. The minimum absolute atomic E-state index is 0.241. The zero-order valence-electron chi connectivity index (χ0n) is 11.1. The van der Waals surface area contributed by atoms with Gasteiger partial charge in [-0.05, 0) is 52.3 Å². The predicted octanol–water partition coefficient (Wildman–Crippen LogP) is 3.92. The van der Waals surface area contributed by atoms with Gasteiger partial charge in [0.1, 0.15) is 5.75 Å². The molecule has 0 aromatic heterocycles. The molecule has 0 bridgehead atoms. The molecule has 0 saturated heterocycles. The van der Waals surface area contributed by atoms with E-state index >= 15 is 0 Å². The van der Waals surface area contributed by atoms with Crippen LogP contribution in [0.2, 0.25) is 0 Å². The maximum absolute atomic E-state index is 11.4. The molecule has 0 heterocycles. The molecule has 5 heteroatoms. The van der Waals surface area contributed by atoms with Gasteiger partial charge in [0.25, 0.3) is 0 Å². The fourth-order valence-electron chi connectivity index (χ4n) is 1.95. The van der Waals surface area contributed by atoms with Crippen molar-refractivity contribution in [3.05, 3.63) is 52.5 Å². The first-order valence-electron chi connectivity index (χ1n) is 5.94. The Morgan fingerprint density at radius 3 is 2.40 bits per heavy atom. The highest BCUT2D eigenvalue weighted by Gasteiger charge is 2.17. The Balaban J connectivity index is 2.44. The number of rotatable bonds is 4. The first-order chi connectivity index (χ1) is 9.54. The maximum atomic E-state index is 11.4. The van der Waals surface area contributed by atoms with Crippen LogP contribution < -0.4 is 9.64 Å². The van der Waals surface area contributed by atoms with E-state index in [-0.39, 0.29) is 5.56 Å². The lowest BCUT2D eigenvalue weighted by molar-refractivity contribution is 0.0696. The summed E-state index contributed by atoms with van der Waals surface area (Å²) < 4.78 is 5.67. The lowest BCUT2D eigenvalue weighted by Crippen LogP contribution is -2.14. The van der Waals surface area contributed by atoms with Gasteiger partial charge in [0.05, 0.1) is 18.4 Å². The number of aromatic carboxylic acids is 1. The van der Waals surface area contributed by atoms with Gasteiger partial charge in [-0.2, -0.15) is 0 Å². The number of carboxylic acids is 1. The van der Waals surface area contributed by atoms with Crippen LogP contribution in [-0.2, 0) is 0 Å². The van der Waals surface area contributed by atoms with Gasteiger partial charge in [-0.1, -0.05) is 6.07 Å². The zero-order valence-corrected chi connectivity index (χ0v) is 12.7. The Morgan fingerprint density at radius 1 is 1.20 bits per heavy atom. The molecule has 0 aliphatic heterocycles. The van der Waals surface area contributed by atoms with E-state index in [2.05, 4.69) is 15.9 Å². The maximum Gasteiger partial charge on any atom is 0.338 e. The first kappa shape index (κ1) is 14.4. The third-order valence-electron chi connectivity index (χ3n) is 3.03. The van der Waals surface area contributed by atoms with E-state index in [1.807, 2.05) is 42.3 Å². The number of carbonyl (C=O) groups is 1. The van der Waals surface area contributed by atoms with Crippen LogP contribution in [0.25, 0.3) is 0 Å². The molecule has 0 atom stereocenters. The third-order valence-corrected chi connectivity index (χ3v) is 3.69. The van der Waals surface area contributed by atoms with Crippen molar-refractivity contribution in [2.45, 2.75) is 0 Å². The quantitative estimate of drug-likeness (QED) is 0.919.